The van der Waals surface area contributed by atoms with E-state index in [1.165, 1.54) is 0 Å². The number of nitrogens with zero attached hydrogens (tertiary/aromatic N) is 2. The van der Waals surface area contributed by atoms with Crippen molar-refractivity contribution in [1.82, 2.24) is 14.5 Å². The van der Waals surface area contributed by atoms with Crippen LogP contribution in [0.2, 0.25) is 0 Å². The number of hydrogen-bond donors (Lipinski definition) is 2. The van der Waals surface area contributed by atoms with Crippen LogP contribution in [0.4, 0.5) is 5.82 Å². The molecule has 0 saturated heterocycles. The average molecular weight is 390 g/mol. The number of fused-ring (bicyclic) bond motifs is 1. The van der Waals surface area contributed by atoms with Crippen LogP contribution in [0.15, 0.2) is 47.1 Å². The summed E-state index contributed by atoms with van der Waals surface area (Å²) in [7, 11) is 0. The summed E-state index contributed by atoms with van der Waals surface area (Å²) in [5.41, 5.74) is 4.94. The lowest BCUT2D eigenvalue weighted by Gasteiger charge is -2.13. The molecule has 1 amide bonds. The molecule has 0 atom stereocenters. The maximum atomic E-state index is 12.7. The molecule has 2 N–H and O–H groups in total. The number of aromatic amines is 1. The Morgan fingerprint density at radius 3 is 2.69 bits per heavy atom. The molecular formula is C23H26N4O2. The van der Waals surface area contributed by atoms with Crippen LogP contribution < -0.4 is 5.32 Å². The molecule has 6 heteroatoms. The van der Waals surface area contributed by atoms with E-state index in [4.69, 9.17) is 9.40 Å². The highest BCUT2D eigenvalue weighted by Gasteiger charge is 2.24. The molecule has 150 valence electrons. The van der Waals surface area contributed by atoms with E-state index < -0.39 is 0 Å². The van der Waals surface area contributed by atoms with Gasteiger partial charge in [0.2, 0.25) is 5.91 Å². The normalized spacial score (nSPS) is 11.5. The summed E-state index contributed by atoms with van der Waals surface area (Å²) in [5.74, 6) is 2.61. The minimum absolute atomic E-state index is 0.00411. The summed E-state index contributed by atoms with van der Waals surface area (Å²) in [4.78, 5) is 20.9. The van der Waals surface area contributed by atoms with Gasteiger partial charge in [0.25, 0.3) is 0 Å². The minimum Gasteiger partial charge on any atom is -0.467 e. The molecule has 0 aliphatic heterocycles. The monoisotopic (exact) mass is 390 g/mol. The Kier molecular flexibility index (Phi) is 5.01. The molecule has 0 bridgehead atoms. The molecule has 0 aliphatic rings. The Morgan fingerprint density at radius 2 is 2.00 bits per heavy atom. The maximum absolute atomic E-state index is 12.7. The quantitative estimate of drug-likeness (QED) is 0.471. The van der Waals surface area contributed by atoms with E-state index in [9.17, 15) is 4.79 Å². The molecule has 1 aromatic carbocycles. The summed E-state index contributed by atoms with van der Waals surface area (Å²) in [6.45, 7) is 8.74. The Balaban J connectivity index is 1.85. The number of para-hydroxylation sites is 2. The van der Waals surface area contributed by atoms with Gasteiger partial charge in [-0.05, 0) is 49.6 Å². The van der Waals surface area contributed by atoms with Crippen molar-refractivity contribution in [3.63, 3.8) is 0 Å². The zero-order valence-corrected chi connectivity index (χ0v) is 17.2. The van der Waals surface area contributed by atoms with Crippen molar-refractivity contribution in [3.8, 4) is 11.4 Å². The lowest BCUT2D eigenvalue weighted by Crippen LogP contribution is -2.18. The van der Waals surface area contributed by atoms with Crippen molar-refractivity contribution in [1.29, 1.82) is 0 Å². The number of aromatic nitrogens is 3. The van der Waals surface area contributed by atoms with Crippen LogP contribution >= 0.6 is 0 Å². The van der Waals surface area contributed by atoms with Gasteiger partial charge >= 0.3 is 0 Å². The van der Waals surface area contributed by atoms with E-state index in [1.54, 1.807) is 6.26 Å². The molecule has 0 unspecified atom stereocenters. The smallest absolute Gasteiger partial charge is 0.225 e. The van der Waals surface area contributed by atoms with E-state index in [-0.39, 0.29) is 11.8 Å². The molecule has 0 saturated carbocycles. The summed E-state index contributed by atoms with van der Waals surface area (Å²) < 4.78 is 7.66. The zero-order chi connectivity index (χ0) is 20.5. The van der Waals surface area contributed by atoms with Gasteiger partial charge in [0.15, 0.2) is 0 Å². The fraction of sp³-hybridized carbons (Fsp3) is 0.304. The Hall–Kier alpha value is -3.28. The third-order valence-corrected chi connectivity index (χ3v) is 5.20. The van der Waals surface area contributed by atoms with Crippen LogP contribution in [-0.2, 0) is 11.3 Å². The van der Waals surface area contributed by atoms with E-state index in [0.29, 0.717) is 13.0 Å². The van der Waals surface area contributed by atoms with Gasteiger partial charge in [-0.2, -0.15) is 0 Å². The van der Waals surface area contributed by atoms with Crippen molar-refractivity contribution in [3.05, 3.63) is 59.7 Å². The molecular weight excluding hydrogens is 364 g/mol. The number of benzene rings is 1. The van der Waals surface area contributed by atoms with Crippen LogP contribution in [0.3, 0.4) is 0 Å². The third kappa shape index (κ3) is 3.70. The Labute approximate surface area is 170 Å². The molecule has 4 rings (SSSR count). The number of H-pyrrole nitrogens is 1. The maximum Gasteiger partial charge on any atom is 0.225 e. The largest absolute Gasteiger partial charge is 0.467 e. The summed E-state index contributed by atoms with van der Waals surface area (Å²) in [5, 5.41) is 3.15. The van der Waals surface area contributed by atoms with Crippen molar-refractivity contribution in [2.24, 2.45) is 5.92 Å². The number of nitrogens with one attached hydrogen (secondary N) is 2. The van der Waals surface area contributed by atoms with Crippen LogP contribution in [-0.4, -0.2) is 20.4 Å². The number of amides is 1. The summed E-state index contributed by atoms with van der Waals surface area (Å²) in [6.07, 6.45) is 2.13. The van der Waals surface area contributed by atoms with Gasteiger partial charge in [-0.15, -0.1) is 0 Å². The van der Waals surface area contributed by atoms with Gasteiger partial charge < -0.3 is 19.3 Å². The number of carbonyl (C=O) groups is 1. The number of rotatable bonds is 6. The van der Waals surface area contributed by atoms with Crippen molar-refractivity contribution in [2.75, 3.05) is 5.32 Å². The molecule has 0 fully saturated rings. The number of furan rings is 1. The van der Waals surface area contributed by atoms with Gasteiger partial charge in [0, 0.05) is 12.1 Å². The van der Waals surface area contributed by atoms with Crippen LogP contribution in [0.5, 0.6) is 0 Å². The van der Waals surface area contributed by atoms with Gasteiger partial charge in [-0.3, -0.25) is 4.79 Å². The molecule has 0 spiro atoms. The topological polar surface area (TPSA) is 75.8 Å². The highest BCUT2D eigenvalue weighted by molar-refractivity contribution is 5.96. The van der Waals surface area contributed by atoms with Crippen molar-refractivity contribution in [2.45, 2.75) is 40.7 Å². The van der Waals surface area contributed by atoms with Crippen LogP contribution in [0.1, 0.15) is 37.3 Å². The predicted molar refractivity (Wildman–Crippen MR) is 115 cm³/mol. The second-order valence-electron chi connectivity index (χ2n) is 7.85. The summed E-state index contributed by atoms with van der Waals surface area (Å²) in [6, 6.07) is 11.8. The van der Waals surface area contributed by atoms with Crippen molar-refractivity contribution >= 4 is 22.8 Å². The van der Waals surface area contributed by atoms with Crippen molar-refractivity contribution < 1.29 is 9.21 Å². The van der Waals surface area contributed by atoms with Gasteiger partial charge in [-0.25, -0.2) is 4.98 Å². The first kappa shape index (κ1) is 19.1. The standard InChI is InChI=1S/C23H26N4O2/c1-14(2)12-20(28)26-23-21(22-24-18-9-5-6-10-19(18)25-22)15(3)16(4)27(23)13-17-8-7-11-29-17/h5-11,14H,12-13H2,1-4H3,(H,24,25)(H,26,28). The van der Waals surface area contributed by atoms with Gasteiger partial charge in [0.1, 0.15) is 17.4 Å². The Bertz CT molecular complexity index is 1120. The predicted octanol–water partition coefficient (Wildman–Crippen LogP) is 5.27. The third-order valence-electron chi connectivity index (χ3n) is 5.20. The number of hydrogen-bond acceptors (Lipinski definition) is 3. The number of imidazole rings is 1. The fourth-order valence-electron chi connectivity index (χ4n) is 3.66. The molecule has 4 aromatic rings. The summed E-state index contributed by atoms with van der Waals surface area (Å²) >= 11 is 0. The number of anilines is 1. The van der Waals surface area contributed by atoms with E-state index in [2.05, 4.69) is 28.7 Å². The first-order valence-electron chi connectivity index (χ1n) is 9.91. The molecule has 3 aromatic heterocycles. The highest BCUT2D eigenvalue weighted by atomic mass is 16.3. The molecule has 3 heterocycles. The second kappa shape index (κ2) is 7.62. The highest BCUT2D eigenvalue weighted by Crippen LogP contribution is 2.36. The first-order chi connectivity index (χ1) is 13.9. The van der Waals surface area contributed by atoms with Gasteiger partial charge in [0.05, 0.1) is 29.4 Å². The van der Waals surface area contributed by atoms with E-state index in [1.807, 2.05) is 50.2 Å². The lowest BCUT2D eigenvalue weighted by molar-refractivity contribution is -0.116. The number of carbonyl (C=O) groups excluding carboxylic acids is 1. The molecule has 6 nitrogen and oxygen atoms in total. The molecule has 29 heavy (non-hydrogen) atoms. The average Bonchev–Trinajstić information content (AvgIpc) is 3.37. The molecule has 0 radical (unpaired) electrons. The molecule has 0 aliphatic carbocycles. The SMILES string of the molecule is Cc1c(-c2nc3ccccc3[nH]2)c(NC(=O)CC(C)C)n(Cc2ccco2)c1C. The Morgan fingerprint density at radius 1 is 1.21 bits per heavy atom. The second-order valence-corrected chi connectivity index (χ2v) is 7.85. The van der Waals surface area contributed by atoms with Gasteiger partial charge in [-0.1, -0.05) is 26.0 Å². The zero-order valence-electron chi connectivity index (χ0n) is 17.2. The fourth-order valence-corrected chi connectivity index (χ4v) is 3.66. The van der Waals surface area contributed by atoms with E-state index >= 15 is 0 Å². The first-order valence-corrected chi connectivity index (χ1v) is 9.91. The van der Waals surface area contributed by atoms with E-state index in [0.717, 1.165) is 45.3 Å². The van der Waals surface area contributed by atoms with Crippen LogP contribution in [0.25, 0.3) is 22.4 Å². The lowest BCUT2D eigenvalue weighted by atomic mass is 10.1. The van der Waals surface area contributed by atoms with Crippen LogP contribution in [0, 0.1) is 19.8 Å². The minimum atomic E-state index is -0.00411.